The van der Waals surface area contributed by atoms with Gasteiger partial charge in [0.15, 0.2) is 0 Å². The normalized spacial score (nSPS) is 20.2. The van der Waals surface area contributed by atoms with Crippen molar-refractivity contribution in [2.45, 2.75) is 51.0 Å². The molecule has 0 atom stereocenters. The minimum Gasteiger partial charge on any atom is -0.338 e. The van der Waals surface area contributed by atoms with Gasteiger partial charge in [-0.05, 0) is 43.9 Å². The van der Waals surface area contributed by atoms with Gasteiger partial charge in [0.1, 0.15) is 0 Å². The fourth-order valence-corrected chi connectivity index (χ4v) is 5.21. The highest BCUT2D eigenvalue weighted by Crippen LogP contribution is 2.33. The van der Waals surface area contributed by atoms with E-state index in [1.807, 2.05) is 53.4 Å². The van der Waals surface area contributed by atoms with Gasteiger partial charge >= 0.3 is 6.03 Å². The van der Waals surface area contributed by atoms with E-state index in [1.54, 1.807) is 5.01 Å². The molecule has 166 valence electrons. The summed E-state index contributed by atoms with van der Waals surface area (Å²) in [6, 6.07) is 17.3. The third kappa shape index (κ3) is 4.14. The van der Waals surface area contributed by atoms with Crippen molar-refractivity contribution in [3.63, 3.8) is 0 Å². The van der Waals surface area contributed by atoms with E-state index in [0.717, 1.165) is 42.6 Å². The van der Waals surface area contributed by atoms with Crippen LogP contribution in [-0.2, 0) is 0 Å². The number of amides is 3. The molecule has 32 heavy (non-hydrogen) atoms. The lowest BCUT2D eigenvalue weighted by Crippen LogP contribution is -2.48. The van der Waals surface area contributed by atoms with E-state index in [-0.39, 0.29) is 18.0 Å². The first-order valence-corrected chi connectivity index (χ1v) is 11.8. The number of para-hydroxylation sites is 1. The summed E-state index contributed by atoms with van der Waals surface area (Å²) in [4.78, 5) is 27.9. The van der Waals surface area contributed by atoms with Crippen LogP contribution in [0, 0.1) is 5.92 Å². The first-order chi connectivity index (χ1) is 15.7. The molecule has 1 aliphatic carbocycles. The molecule has 2 aliphatic heterocycles. The van der Waals surface area contributed by atoms with Crippen LogP contribution in [0.2, 0.25) is 0 Å². The fourth-order valence-electron chi connectivity index (χ4n) is 5.21. The average Bonchev–Trinajstić information content (AvgIpc) is 3.01. The Balaban J connectivity index is 1.36. The second-order valence-electron chi connectivity index (χ2n) is 9.03. The highest BCUT2D eigenvalue weighted by Gasteiger charge is 2.34. The summed E-state index contributed by atoms with van der Waals surface area (Å²) < 4.78 is 0. The zero-order valence-electron chi connectivity index (χ0n) is 18.4. The van der Waals surface area contributed by atoms with Gasteiger partial charge in [-0.25, -0.2) is 9.80 Å². The number of carbonyl (C=O) groups is 2. The highest BCUT2D eigenvalue weighted by atomic mass is 16.2. The van der Waals surface area contributed by atoms with Gasteiger partial charge in [0, 0.05) is 30.1 Å². The van der Waals surface area contributed by atoms with Crippen molar-refractivity contribution in [1.82, 2.24) is 9.91 Å². The number of rotatable bonds is 3. The summed E-state index contributed by atoms with van der Waals surface area (Å²) in [5.74, 6) is 0.447. The summed E-state index contributed by atoms with van der Waals surface area (Å²) in [7, 11) is 0. The molecule has 2 heterocycles. The third-order valence-corrected chi connectivity index (χ3v) is 6.98. The van der Waals surface area contributed by atoms with E-state index in [2.05, 4.69) is 11.4 Å². The standard InChI is InChI=1S/C26H30N4O2/c31-25(20-11-5-2-6-12-20)29-17-15-21(16-18-29)30-26(32)27-23-14-8-7-13-22(23)24(28-30)19-9-3-1-4-10-19/h2,5-8,11-14,19,21H,1,3-4,9-10,15-18H2,(H,27,32). The zero-order chi connectivity index (χ0) is 21.9. The highest BCUT2D eigenvalue weighted by molar-refractivity contribution is 6.10. The van der Waals surface area contributed by atoms with Gasteiger partial charge < -0.3 is 10.2 Å². The number of hydrogen-bond donors (Lipinski definition) is 1. The Morgan fingerprint density at radius 2 is 1.56 bits per heavy atom. The molecule has 5 rings (SSSR count). The van der Waals surface area contributed by atoms with Crippen LogP contribution in [0.25, 0.3) is 0 Å². The Bertz CT molecular complexity index is 1010. The SMILES string of the molecule is O=C(c1ccccc1)N1CCC(N2N=C(C3CCCCC3)c3ccccc3NC2=O)CC1. The van der Waals surface area contributed by atoms with Gasteiger partial charge in [-0.3, -0.25) is 4.79 Å². The van der Waals surface area contributed by atoms with E-state index >= 15 is 0 Å². The van der Waals surface area contributed by atoms with E-state index in [9.17, 15) is 9.59 Å². The lowest BCUT2D eigenvalue weighted by Gasteiger charge is -2.36. The van der Waals surface area contributed by atoms with Gasteiger partial charge in [0.25, 0.3) is 5.91 Å². The van der Waals surface area contributed by atoms with Crippen LogP contribution in [0.1, 0.15) is 60.9 Å². The first-order valence-electron chi connectivity index (χ1n) is 11.8. The average molecular weight is 431 g/mol. The van der Waals surface area contributed by atoms with E-state index < -0.39 is 0 Å². The van der Waals surface area contributed by atoms with Crippen molar-refractivity contribution >= 4 is 23.3 Å². The molecule has 1 N–H and O–H groups in total. The quantitative estimate of drug-likeness (QED) is 0.734. The van der Waals surface area contributed by atoms with E-state index in [1.165, 1.54) is 19.3 Å². The maximum absolute atomic E-state index is 13.2. The Hall–Kier alpha value is -3.15. The van der Waals surface area contributed by atoms with Gasteiger partial charge in [-0.15, -0.1) is 0 Å². The number of fused-ring (bicyclic) bond motifs is 1. The predicted octanol–water partition coefficient (Wildman–Crippen LogP) is 5.12. The molecule has 0 bridgehead atoms. The second kappa shape index (κ2) is 9.15. The molecule has 1 saturated carbocycles. The van der Waals surface area contributed by atoms with Crippen molar-refractivity contribution in [2.75, 3.05) is 18.4 Å². The molecule has 0 radical (unpaired) electrons. The van der Waals surface area contributed by atoms with Crippen LogP contribution in [0.4, 0.5) is 10.5 Å². The summed E-state index contributed by atoms with van der Waals surface area (Å²) in [5, 5.41) is 9.77. The smallest absolute Gasteiger partial charge is 0.338 e. The summed E-state index contributed by atoms with van der Waals surface area (Å²) in [5.41, 5.74) is 3.65. The third-order valence-electron chi connectivity index (χ3n) is 6.98. The number of benzene rings is 2. The Kier molecular flexibility index (Phi) is 5.93. The number of likely N-dealkylation sites (tertiary alicyclic amines) is 1. The number of urea groups is 1. The molecule has 0 spiro atoms. The molecule has 6 heteroatoms. The number of anilines is 1. The molecule has 0 unspecified atom stereocenters. The van der Waals surface area contributed by atoms with Crippen LogP contribution >= 0.6 is 0 Å². The minimum atomic E-state index is -0.170. The Morgan fingerprint density at radius 1 is 0.875 bits per heavy atom. The molecule has 1 saturated heterocycles. The molecule has 2 aromatic rings. The number of nitrogens with zero attached hydrogens (tertiary/aromatic N) is 3. The Morgan fingerprint density at radius 3 is 2.31 bits per heavy atom. The van der Waals surface area contributed by atoms with Gasteiger partial charge in [0.05, 0.1) is 17.4 Å². The molecular formula is C26H30N4O2. The maximum atomic E-state index is 13.2. The number of hydrazone groups is 1. The number of hydrogen-bond acceptors (Lipinski definition) is 3. The van der Waals surface area contributed by atoms with Crippen LogP contribution in [0.15, 0.2) is 59.7 Å². The van der Waals surface area contributed by atoms with E-state index in [0.29, 0.717) is 24.6 Å². The summed E-state index contributed by atoms with van der Waals surface area (Å²) >= 11 is 0. The van der Waals surface area contributed by atoms with Crippen molar-refractivity contribution in [3.8, 4) is 0 Å². The van der Waals surface area contributed by atoms with E-state index in [4.69, 9.17) is 5.10 Å². The van der Waals surface area contributed by atoms with Crippen molar-refractivity contribution in [1.29, 1.82) is 0 Å². The number of nitrogens with one attached hydrogen (secondary N) is 1. The molecular weight excluding hydrogens is 400 g/mol. The lowest BCUT2D eigenvalue weighted by atomic mass is 9.83. The van der Waals surface area contributed by atoms with Crippen LogP contribution in [-0.4, -0.2) is 46.7 Å². The number of piperidine rings is 1. The summed E-state index contributed by atoms with van der Waals surface area (Å²) in [6.07, 6.45) is 7.41. The van der Waals surface area contributed by atoms with Crippen LogP contribution < -0.4 is 5.32 Å². The van der Waals surface area contributed by atoms with Crippen molar-refractivity contribution < 1.29 is 9.59 Å². The topological polar surface area (TPSA) is 65.0 Å². The number of carbonyl (C=O) groups excluding carboxylic acids is 2. The van der Waals surface area contributed by atoms with Gasteiger partial charge in [0.2, 0.25) is 0 Å². The van der Waals surface area contributed by atoms with Crippen LogP contribution in [0.5, 0.6) is 0 Å². The molecule has 2 aromatic carbocycles. The second-order valence-corrected chi connectivity index (χ2v) is 9.03. The maximum Gasteiger partial charge on any atom is 0.342 e. The van der Waals surface area contributed by atoms with Gasteiger partial charge in [-0.1, -0.05) is 55.7 Å². The molecule has 0 aromatic heterocycles. The molecule has 6 nitrogen and oxygen atoms in total. The lowest BCUT2D eigenvalue weighted by molar-refractivity contribution is 0.0659. The molecule has 2 fully saturated rings. The fraction of sp³-hybridized carbons (Fsp3) is 0.423. The van der Waals surface area contributed by atoms with Crippen molar-refractivity contribution in [3.05, 3.63) is 65.7 Å². The first kappa shape index (κ1) is 20.7. The monoisotopic (exact) mass is 430 g/mol. The van der Waals surface area contributed by atoms with Crippen LogP contribution in [0.3, 0.4) is 0 Å². The molecule has 3 aliphatic rings. The van der Waals surface area contributed by atoms with Crippen molar-refractivity contribution in [2.24, 2.45) is 11.0 Å². The molecule has 3 amide bonds. The zero-order valence-corrected chi connectivity index (χ0v) is 18.4. The Labute approximate surface area is 189 Å². The predicted molar refractivity (Wildman–Crippen MR) is 126 cm³/mol. The largest absolute Gasteiger partial charge is 0.342 e. The van der Waals surface area contributed by atoms with Gasteiger partial charge in [-0.2, -0.15) is 5.10 Å². The minimum absolute atomic E-state index is 0.0114. The summed E-state index contributed by atoms with van der Waals surface area (Å²) in [6.45, 7) is 1.26.